The van der Waals surface area contributed by atoms with Crippen molar-refractivity contribution >= 4 is 16.8 Å². The van der Waals surface area contributed by atoms with E-state index in [1.54, 1.807) is 51.5 Å². The van der Waals surface area contributed by atoms with Crippen molar-refractivity contribution in [1.82, 2.24) is 24.6 Å². The van der Waals surface area contributed by atoms with E-state index in [0.717, 1.165) is 10.1 Å². The monoisotopic (exact) mass is 479 g/mol. The van der Waals surface area contributed by atoms with Gasteiger partial charge in [0.1, 0.15) is 13.1 Å². The smallest absolute Gasteiger partial charge is 0.332 e. The summed E-state index contributed by atoms with van der Waals surface area (Å²) in [5.41, 5.74) is 0.190. The fourth-order valence-electron chi connectivity index (χ4n) is 3.78. The Labute approximate surface area is 199 Å². The van der Waals surface area contributed by atoms with Gasteiger partial charge in [-0.05, 0) is 43.2 Å². The molecule has 0 saturated heterocycles. The summed E-state index contributed by atoms with van der Waals surface area (Å²) in [6.45, 7) is 1.54. The maximum absolute atomic E-state index is 13.2. The molecule has 0 spiro atoms. The first-order chi connectivity index (χ1) is 16.9. The van der Waals surface area contributed by atoms with Crippen LogP contribution in [0.5, 0.6) is 11.5 Å². The van der Waals surface area contributed by atoms with Crippen LogP contribution in [0.25, 0.3) is 10.9 Å². The number of carbonyl (C=O) groups excluding carboxylic acids is 1. The summed E-state index contributed by atoms with van der Waals surface area (Å²) in [5, 5.41) is 6.83. The molecule has 0 unspecified atom stereocenters. The van der Waals surface area contributed by atoms with E-state index in [-0.39, 0.29) is 24.9 Å². The Bertz CT molecular complexity index is 1490. The van der Waals surface area contributed by atoms with Gasteiger partial charge in [-0.15, -0.1) is 0 Å². The van der Waals surface area contributed by atoms with Gasteiger partial charge in [-0.2, -0.15) is 4.98 Å². The molecule has 2 aromatic heterocycles. The first-order valence-electron chi connectivity index (χ1n) is 10.9. The number of amides is 1. The van der Waals surface area contributed by atoms with Crippen LogP contribution in [-0.4, -0.2) is 45.9 Å². The number of rotatable bonds is 9. The Balaban J connectivity index is 1.54. The predicted molar refractivity (Wildman–Crippen MR) is 127 cm³/mol. The van der Waals surface area contributed by atoms with Crippen LogP contribution in [0.1, 0.15) is 17.3 Å². The third kappa shape index (κ3) is 5.08. The minimum atomic E-state index is -0.639. The molecule has 4 rings (SSSR count). The van der Waals surface area contributed by atoms with Crippen LogP contribution < -0.4 is 26.0 Å². The molecule has 0 bridgehead atoms. The molecule has 11 heteroatoms. The van der Waals surface area contributed by atoms with Crippen molar-refractivity contribution in [1.29, 1.82) is 0 Å². The number of hydrogen-bond donors (Lipinski definition) is 1. The average Bonchev–Trinajstić information content (AvgIpc) is 3.28. The number of aryl methyl sites for hydroxylation is 1. The normalized spacial score (nSPS) is 10.9. The van der Waals surface area contributed by atoms with Crippen LogP contribution >= 0.6 is 0 Å². The highest BCUT2D eigenvalue weighted by molar-refractivity contribution is 5.81. The van der Waals surface area contributed by atoms with E-state index < -0.39 is 11.2 Å². The molecule has 2 aromatic carbocycles. The van der Waals surface area contributed by atoms with Crippen molar-refractivity contribution in [2.45, 2.75) is 26.4 Å². The summed E-state index contributed by atoms with van der Waals surface area (Å²) in [7, 11) is 3.13. The molecular weight excluding hydrogens is 454 g/mol. The lowest BCUT2D eigenvalue weighted by Gasteiger charge is -2.13. The molecule has 4 aromatic rings. The molecular formula is C24H25N5O6. The number of para-hydroxylation sites is 1. The van der Waals surface area contributed by atoms with Gasteiger partial charge in [0.2, 0.25) is 11.8 Å². The molecule has 0 radical (unpaired) electrons. The number of methoxy groups -OCH3 is 2. The Morgan fingerprint density at radius 3 is 2.54 bits per heavy atom. The summed E-state index contributed by atoms with van der Waals surface area (Å²) >= 11 is 0. The van der Waals surface area contributed by atoms with Crippen LogP contribution in [0.4, 0.5) is 0 Å². The van der Waals surface area contributed by atoms with Crippen LogP contribution in [0.15, 0.2) is 56.6 Å². The zero-order valence-corrected chi connectivity index (χ0v) is 19.6. The summed E-state index contributed by atoms with van der Waals surface area (Å²) in [6, 6.07) is 12.2. The third-order valence-corrected chi connectivity index (χ3v) is 5.48. The molecule has 0 aliphatic heterocycles. The molecule has 1 amide bonds. The highest BCUT2D eigenvalue weighted by atomic mass is 16.5. The zero-order valence-electron chi connectivity index (χ0n) is 19.6. The Morgan fingerprint density at radius 2 is 1.83 bits per heavy atom. The van der Waals surface area contributed by atoms with E-state index in [2.05, 4.69) is 15.5 Å². The Hall–Kier alpha value is -4.41. The van der Waals surface area contributed by atoms with E-state index in [0.29, 0.717) is 41.2 Å². The van der Waals surface area contributed by atoms with Gasteiger partial charge in [0.15, 0.2) is 17.3 Å². The summed E-state index contributed by atoms with van der Waals surface area (Å²) in [4.78, 5) is 43.0. The molecule has 0 atom stereocenters. The molecule has 0 fully saturated rings. The minimum absolute atomic E-state index is 0.128. The quantitative estimate of drug-likeness (QED) is 0.380. The summed E-state index contributed by atoms with van der Waals surface area (Å²) < 4.78 is 17.9. The van der Waals surface area contributed by atoms with Crippen molar-refractivity contribution in [2.75, 3.05) is 20.8 Å². The minimum Gasteiger partial charge on any atom is -0.493 e. The number of benzene rings is 2. The van der Waals surface area contributed by atoms with Crippen molar-refractivity contribution < 1.29 is 18.8 Å². The van der Waals surface area contributed by atoms with Crippen molar-refractivity contribution in [3.8, 4) is 11.5 Å². The molecule has 2 heterocycles. The zero-order chi connectivity index (χ0) is 24.9. The van der Waals surface area contributed by atoms with E-state index in [1.807, 2.05) is 12.1 Å². The molecule has 0 saturated carbocycles. The highest BCUT2D eigenvalue weighted by Crippen LogP contribution is 2.27. The SMILES string of the molecule is COc1ccc(CCNC(=O)Cn2c(=O)n(Cc3nc(C)no3)c(=O)c3ccccc32)cc1OC. The second-order valence-corrected chi connectivity index (χ2v) is 7.80. The molecule has 11 nitrogen and oxygen atoms in total. The van der Waals surface area contributed by atoms with Crippen LogP contribution in [0, 0.1) is 6.92 Å². The topological polar surface area (TPSA) is 130 Å². The van der Waals surface area contributed by atoms with Gasteiger partial charge in [0.05, 0.1) is 25.1 Å². The molecule has 1 N–H and O–H groups in total. The fraction of sp³-hybridized carbons (Fsp3) is 0.292. The number of nitrogens with zero attached hydrogens (tertiary/aromatic N) is 4. The van der Waals surface area contributed by atoms with E-state index in [4.69, 9.17) is 14.0 Å². The molecule has 0 aliphatic rings. The van der Waals surface area contributed by atoms with Crippen molar-refractivity contribution in [3.63, 3.8) is 0 Å². The van der Waals surface area contributed by atoms with Gasteiger partial charge in [-0.1, -0.05) is 23.4 Å². The number of ether oxygens (including phenoxy) is 2. The number of nitrogens with one attached hydrogen (secondary N) is 1. The van der Waals surface area contributed by atoms with Crippen LogP contribution in [0.2, 0.25) is 0 Å². The van der Waals surface area contributed by atoms with Crippen molar-refractivity contribution in [2.24, 2.45) is 0 Å². The summed E-state index contributed by atoms with van der Waals surface area (Å²) in [5.74, 6) is 1.38. The van der Waals surface area contributed by atoms with E-state index >= 15 is 0 Å². The maximum Gasteiger partial charge on any atom is 0.332 e. The number of aromatic nitrogens is 4. The number of carbonyl (C=O) groups is 1. The lowest BCUT2D eigenvalue weighted by Crippen LogP contribution is -2.43. The third-order valence-electron chi connectivity index (χ3n) is 5.48. The fourth-order valence-corrected chi connectivity index (χ4v) is 3.78. The second kappa shape index (κ2) is 10.2. The largest absolute Gasteiger partial charge is 0.493 e. The standard InChI is InChI=1S/C24H25N5O6/c1-15-26-22(35-27-15)14-29-23(31)17-6-4-5-7-18(17)28(24(29)32)13-21(30)25-11-10-16-8-9-19(33-2)20(12-16)34-3/h4-9,12H,10-11,13-14H2,1-3H3,(H,25,30). The van der Waals surface area contributed by atoms with Gasteiger partial charge >= 0.3 is 5.69 Å². The van der Waals surface area contributed by atoms with Gasteiger partial charge < -0.3 is 19.3 Å². The molecule has 182 valence electrons. The first-order valence-corrected chi connectivity index (χ1v) is 10.9. The Kier molecular flexibility index (Phi) is 6.95. The van der Waals surface area contributed by atoms with Gasteiger partial charge in [-0.3, -0.25) is 18.7 Å². The van der Waals surface area contributed by atoms with Gasteiger partial charge in [0, 0.05) is 6.54 Å². The number of hydrogen-bond acceptors (Lipinski definition) is 8. The highest BCUT2D eigenvalue weighted by Gasteiger charge is 2.17. The van der Waals surface area contributed by atoms with Gasteiger partial charge in [-0.25, -0.2) is 4.79 Å². The molecule has 35 heavy (non-hydrogen) atoms. The lowest BCUT2D eigenvalue weighted by molar-refractivity contribution is -0.121. The van der Waals surface area contributed by atoms with E-state index in [1.165, 1.54) is 4.57 Å². The summed E-state index contributed by atoms with van der Waals surface area (Å²) in [6.07, 6.45) is 0.553. The van der Waals surface area contributed by atoms with Crippen molar-refractivity contribution in [3.05, 3.63) is 80.6 Å². The van der Waals surface area contributed by atoms with Gasteiger partial charge in [0.25, 0.3) is 5.56 Å². The predicted octanol–water partition coefficient (Wildman–Crippen LogP) is 1.28. The lowest BCUT2D eigenvalue weighted by atomic mass is 10.1. The van der Waals surface area contributed by atoms with Crippen LogP contribution in [0.3, 0.4) is 0 Å². The molecule has 0 aliphatic carbocycles. The van der Waals surface area contributed by atoms with Crippen LogP contribution in [-0.2, 0) is 24.3 Å². The Morgan fingerprint density at radius 1 is 1.06 bits per heavy atom. The number of fused-ring (bicyclic) bond motifs is 1. The first kappa shape index (κ1) is 23.7. The second-order valence-electron chi connectivity index (χ2n) is 7.80. The van der Waals surface area contributed by atoms with E-state index in [9.17, 15) is 14.4 Å². The average molecular weight is 479 g/mol. The maximum atomic E-state index is 13.2.